The fourth-order valence-corrected chi connectivity index (χ4v) is 2.25. The van der Waals surface area contributed by atoms with Gasteiger partial charge in [-0.15, -0.1) is 13.2 Å². The fraction of sp³-hybridized carbons (Fsp3) is 0.833. The molecule has 0 fully saturated rings. The van der Waals surface area contributed by atoms with Gasteiger partial charge in [-0.2, -0.15) is 0 Å². The third kappa shape index (κ3) is 41.1. The van der Waals surface area contributed by atoms with Gasteiger partial charge in [-0.05, 0) is 39.5 Å². The van der Waals surface area contributed by atoms with Crippen molar-refractivity contribution in [3.05, 3.63) is 25.3 Å². The van der Waals surface area contributed by atoms with Crippen LogP contribution in [0.4, 0.5) is 0 Å². The van der Waals surface area contributed by atoms with Crippen LogP contribution in [0.1, 0.15) is 106 Å². The smallest absolute Gasteiger partial charge is 0.0662 e. The molecule has 0 amide bonds. The minimum atomic E-state index is -0.125. The van der Waals surface area contributed by atoms with E-state index in [1.165, 1.54) is 64.2 Å². The third-order valence-corrected chi connectivity index (χ3v) is 3.65. The zero-order valence-electron chi connectivity index (χ0n) is 19.5. The molecule has 2 unspecified atom stereocenters. The summed E-state index contributed by atoms with van der Waals surface area (Å²) in [5.74, 6) is 0. The zero-order chi connectivity index (χ0) is 21.8. The average Bonchev–Trinajstić information content (AvgIpc) is 2.67. The number of aliphatic hydroxyl groups is 2. The molecule has 0 aromatic heterocycles. The molecule has 0 aromatic carbocycles. The monoisotopic (exact) mass is 388 g/mol. The SMILES string of the molecule is C=CC.C=CC.CCCCCC(CC)OC(CC)CCCCC.OCCO. The summed E-state index contributed by atoms with van der Waals surface area (Å²) in [6.07, 6.45) is 17.4. The summed E-state index contributed by atoms with van der Waals surface area (Å²) in [5, 5.41) is 15.2. The molecule has 2 atom stereocenters. The van der Waals surface area contributed by atoms with Gasteiger partial charge >= 0.3 is 0 Å². The summed E-state index contributed by atoms with van der Waals surface area (Å²) in [7, 11) is 0. The largest absolute Gasteiger partial charge is 0.394 e. The Kier molecular flexibility index (Phi) is 45.6. The maximum absolute atomic E-state index is 7.62. The van der Waals surface area contributed by atoms with Crippen molar-refractivity contribution in [1.82, 2.24) is 0 Å². The topological polar surface area (TPSA) is 49.7 Å². The quantitative estimate of drug-likeness (QED) is 0.262. The van der Waals surface area contributed by atoms with Crippen LogP contribution in [0.5, 0.6) is 0 Å². The molecule has 0 saturated carbocycles. The van der Waals surface area contributed by atoms with Crippen molar-refractivity contribution >= 4 is 0 Å². The molecule has 0 aliphatic rings. The summed E-state index contributed by atoms with van der Waals surface area (Å²) in [6, 6.07) is 0. The molecule has 0 radical (unpaired) electrons. The fourth-order valence-electron chi connectivity index (χ4n) is 2.25. The van der Waals surface area contributed by atoms with E-state index in [4.69, 9.17) is 14.9 Å². The molecule has 0 saturated heterocycles. The van der Waals surface area contributed by atoms with Crippen molar-refractivity contribution in [3.8, 4) is 0 Å². The number of ether oxygens (including phenoxy) is 1. The summed E-state index contributed by atoms with van der Waals surface area (Å²) in [5.41, 5.74) is 0. The molecular formula is C24H52O3. The van der Waals surface area contributed by atoms with Crippen molar-refractivity contribution in [2.24, 2.45) is 0 Å². The number of hydrogen-bond donors (Lipinski definition) is 2. The second kappa shape index (κ2) is 36.3. The predicted molar refractivity (Wildman–Crippen MR) is 123 cm³/mol. The summed E-state index contributed by atoms with van der Waals surface area (Å²) >= 11 is 0. The van der Waals surface area contributed by atoms with Crippen molar-refractivity contribution in [3.63, 3.8) is 0 Å². The first-order valence-corrected chi connectivity index (χ1v) is 11.0. The van der Waals surface area contributed by atoms with Crippen LogP contribution < -0.4 is 0 Å². The molecular weight excluding hydrogens is 336 g/mol. The number of rotatable bonds is 13. The zero-order valence-corrected chi connectivity index (χ0v) is 19.5. The van der Waals surface area contributed by atoms with Gasteiger partial charge in [0.15, 0.2) is 0 Å². The van der Waals surface area contributed by atoms with Crippen LogP contribution in [0.25, 0.3) is 0 Å². The first-order valence-electron chi connectivity index (χ1n) is 11.0. The Morgan fingerprint density at radius 1 is 0.704 bits per heavy atom. The minimum Gasteiger partial charge on any atom is -0.394 e. The Labute approximate surface area is 171 Å². The second-order valence-electron chi connectivity index (χ2n) is 6.45. The lowest BCUT2D eigenvalue weighted by Gasteiger charge is -2.23. The van der Waals surface area contributed by atoms with Crippen LogP contribution in [-0.2, 0) is 4.74 Å². The molecule has 166 valence electrons. The molecule has 0 heterocycles. The van der Waals surface area contributed by atoms with E-state index in [0.29, 0.717) is 12.2 Å². The van der Waals surface area contributed by atoms with Gasteiger partial charge in [0, 0.05) is 0 Å². The standard InChI is InChI=1S/C16H34O.2C3H6.C2H6O2/c1-5-9-11-13-15(7-3)17-16(8-4)14-12-10-6-2;2*1-3-2;3-1-2-4/h15-16H,5-14H2,1-4H3;2*3H,1H2,2H3;3-4H,1-2H2. The van der Waals surface area contributed by atoms with Gasteiger partial charge in [0.05, 0.1) is 25.4 Å². The van der Waals surface area contributed by atoms with E-state index >= 15 is 0 Å². The van der Waals surface area contributed by atoms with Gasteiger partial charge in [-0.25, -0.2) is 0 Å². The number of allylic oxidation sites excluding steroid dienone is 2. The molecule has 0 spiro atoms. The van der Waals surface area contributed by atoms with E-state index in [1.54, 1.807) is 12.2 Å². The summed E-state index contributed by atoms with van der Waals surface area (Å²) in [4.78, 5) is 0. The first kappa shape index (κ1) is 33.9. The highest BCUT2D eigenvalue weighted by molar-refractivity contribution is 4.62. The van der Waals surface area contributed by atoms with Crippen LogP contribution in [-0.4, -0.2) is 35.6 Å². The highest BCUT2D eigenvalue weighted by atomic mass is 16.5. The van der Waals surface area contributed by atoms with Gasteiger partial charge in [-0.1, -0.05) is 78.4 Å². The molecule has 0 aromatic rings. The van der Waals surface area contributed by atoms with Crippen LogP contribution in [0.3, 0.4) is 0 Å². The van der Waals surface area contributed by atoms with Crippen LogP contribution in [0, 0.1) is 0 Å². The Morgan fingerprint density at radius 2 is 1.00 bits per heavy atom. The Balaban J connectivity index is -0.000000218. The lowest BCUT2D eigenvalue weighted by atomic mass is 10.1. The Morgan fingerprint density at radius 3 is 1.19 bits per heavy atom. The minimum absolute atomic E-state index is 0.125. The van der Waals surface area contributed by atoms with E-state index in [-0.39, 0.29) is 13.2 Å². The van der Waals surface area contributed by atoms with Gasteiger partial charge in [0.1, 0.15) is 0 Å². The molecule has 27 heavy (non-hydrogen) atoms. The van der Waals surface area contributed by atoms with Crippen molar-refractivity contribution in [2.75, 3.05) is 13.2 Å². The lowest BCUT2D eigenvalue weighted by Crippen LogP contribution is -2.21. The summed E-state index contributed by atoms with van der Waals surface area (Å²) in [6.45, 7) is 19.3. The molecule has 0 bridgehead atoms. The van der Waals surface area contributed by atoms with Crippen LogP contribution in [0.2, 0.25) is 0 Å². The maximum atomic E-state index is 7.62. The first-order chi connectivity index (χ1) is 13.0. The van der Waals surface area contributed by atoms with Crippen molar-refractivity contribution in [1.29, 1.82) is 0 Å². The molecule has 3 nitrogen and oxygen atoms in total. The van der Waals surface area contributed by atoms with Gasteiger partial charge in [0.25, 0.3) is 0 Å². The Hall–Kier alpha value is -0.640. The Bertz CT molecular complexity index is 218. The molecule has 3 heteroatoms. The normalized spacial score (nSPS) is 11.4. The second-order valence-corrected chi connectivity index (χ2v) is 6.45. The predicted octanol–water partition coefficient (Wildman–Crippen LogP) is 7.08. The molecule has 0 aliphatic heterocycles. The van der Waals surface area contributed by atoms with Crippen molar-refractivity contribution < 1.29 is 14.9 Å². The van der Waals surface area contributed by atoms with E-state index in [1.807, 2.05) is 13.8 Å². The van der Waals surface area contributed by atoms with Gasteiger partial charge in [0.2, 0.25) is 0 Å². The van der Waals surface area contributed by atoms with Crippen molar-refractivity contribution in [2.45, 2.75) is 118 Å². The number of aliphatic hydroxyl groups excluding tert-OH is 2. The van der Waals surface area contributed by atoms with Gasteiger partial charge in [-0.3, -0.25) is 0 Å². The maximum Gasteiger partial charge on any atom is 0.0662 e. The lowest BCUT2D eigenvalue weighted by molar-refractivity contribution is -0.0256. The highest BCUT2D eigenvalue weighted by Gasteiger charge is 2.13. The molecule has 2 N–H and O–H groups in total. The number of hydrogen-bond acceptors (Lipinski definition) is 3. The van der Waals surface area contributed by atoms with Crippen LogP contribution >= 0.6 is 0 Å². The van der Waals surface area contributed by atoms with E-state index in [9.17, 15) is 0 Å². The molecule has 0 rings (SSSR count). The average molecular weight is 389 g/mol. The van der Waals surface area contributed by atoms with E-state index in [0.717, 1.165) is 0 Å². The number of unbranched alkanes of at least 4 members (excludes halogenated alkanes) is 4. The van der Waals surface area contributed by atoms with E-state index < -0.39 is 0 Å². The molecule has 0 aliphatic carbocycles. The third-order valence-electron chi connectivity index (χ3n) is 3.65. The van der Waals surface area contributed by atoms with Gasteiger partial charge < -0.3 is 14.9 Å². The summed E-state index contributed by atoms with van der Waals surface area (Å²) < 4.78 is 6.24. The highest BCUT2D eigenvalue weighted by Crippen LogP contribution is 2.17. The van der Waals surface area contributed by atoms with E-state index in [2.05, 4.69) is 40.9 Å². The van der Waals surface area contributed by atoms with Crippen LogP contribution in [0.15, 0.2) is 25.3 Å².